The first kappa shape index (κ1) is 22.3. The quantitative estimate of drug-likeness (QED) is 0.349. The number of urea groups is 1. The minimum Gasteiger partial charge on any atom is -0.462 e. The molecule has 3 aromatic carbocycles. The lowest BCUT2D eigenvalue weighted by molar-refractivity contribution is 0.0526. The highest BCUT2D eigenvalue weighted by Gasteiger charge is 2.18. The van der Waals surface area contributed by atoms with Crippen LogP contribution in [0.3, 0.4) is 0 Å². The zero-order chi connectivity index (χ0) is 22.4. The van der Waals surface area contributed by atoms with Crippen molar-refractivity contribution in [3.63, 3.8) is 0 Å². The first-order valence-electron chi connectivity index (χ1n) is 9.33. The van der Waals surface area contributed by atoms with E-state index in [0.717, 1.165) is 0 Å². The number of ether oxygens (including phenoxy) is 1. The van der Waals surface area contributed by atoms with Gasteiger partial charge in [0.15, 0.2) is 5.78 Å². The molecule has 3 rings (SSSR count). The molecule has 0 radical (unpaired) electrons. The van der Waals surface area contributed by atoms with Crippen molar-refractivity contribution in [1.29, 1.82) is 0 Å². The largest absolute Gasteiger partial charge is 0.462 e. The minimum absolute atomic E-state index is 0.202. The number of carbonyl (C=O) groups excluding carboxylic acids is 3. The van der Waals surface area contributed by atoms with Crippen molar-refractivity contribution in [2.45, 2.75) is 6.92 Å². The molecule has 0 spiro atoms. The minimum atomic E-state index is -0.570. The summed E-state index contributed by atoms with van der Waals surface area (Å²) in [6.07, 6.45) is 0. The molecule has 158 valence electrons. The number of ketones is 1. The molecule has 0 fully saturated rings. The van der Waals surface area contributed by atoms with Crippen molar-refractivity contribution in [2.75, 3.05) is 17.2 Å². The molecule has 0 bridgehead atoms. The van der Waals surface area contributed by atoms with E-state index in [-0.39, 0.29) is 23.6 Å². The molecule has 31 heavy (non-hydrogen) atoms. The van der Waals surface area contributed by atoms with Gasteiger partial charge in [0.25, 0.3) is 0 Å². The number of esters is 1. The van der Waals surface area contributed by atoms with Gasteiger partial charge < -0.3 is 15.4 Å². The average molecular weight is 457 g/mol. The summed E-state index contributed by atoms with van der Waals surface area (Å²) in [5.41, 5.74) is 1.60. The van der Waals surface area contributed by atoms with Crippen LogP contribution in [0.15, 0.2) is 66.7 Å². The lowest BCUT2D eigenvalue weighted by Gasteiger charge is -2.13. The van der Waals surface area contributed by atoms with Gasteiger partial charge in [-0.25, -0.2) is 9.59 Å². The molecule has 0 aromatic heterocycles. The summed E-state index contributed by atoms with van der Waals surface area (Å²) in [5.74, 6) is -0.815. The number of rotatable bonds is 6. The van der Waals surface area contributed by atoms with Gasteiger partial charge >= 0.3 is 12.0 Å². The van der Waals surface area contributed by atoms with Gasteiger partial charge in [-0.1, -0.05) is 35.3 Å². The zero-order valence-electron chi connectivity index (χ0n) is 16.4. The number of benzene rings is 3. The summed E-state index contributed by atoms with van der Waals surface area (Å²) in [5, 5.41) is 5.94. The van der Waals surface area contributed by atoms with E-state index in [1.165, 1.54) is 12.1 Å². The van der Waals surface area contributed by atoms with Gasteiger partial charge in [0, 0.05) is 21.8 Å². The predicted octanol–water partition coefficient (Wildman–Crippen LogP) is 6.05. The molecule has 0 saturated heterocycles. The Labute approximate surface area is 189 Å². The van der Waals surface area contributed by atoms with Crippen LogP contribution < -0.4 is 10.6 Å². The zero-order valence-corrected chi connectivity index (χ0v) is 18.0. The Morgan fingerprint density at radius 2 is 1.58 bits per heavy atom. The van der Waals surface area contributed by atoms with E-state index in [9.17, 15) is 14.4 Å². The summed E-state index contributed by atoms with van der Waals surface area (Å²) in [4.78, 5) is 37.2. The summed E-state index contributed by atoms with van der Waals surface area (Å²) >= 11 is 12.2. The number of amides is 2. The maximum Gasteiger partial charge on any atom is 0.338 e. The van der Waals surface area contributed by atoms with E-state index >= 15 is 0 Å². The Bertz CT molecular complexity index is 1130. The molecule has 0 atom stereocenters. The van der Waals surface area contributed by atoms with Gasteiger partial charge in [-0.15, -0.1) is 0 Å². The SMILES string of the molecule is CCOC(=O)c1ccc(NC(=O)Nc2ccc(Cl)cc2C(=O)c2ccccc2Cl)cc1. The van der Waals surface area contributed by atoms with Crippen molar-refractivity contribution < 1.29 is 19.1 Å². The fraction of sp³-hybridized carbons (Fsp3) is 0.0870. The molecule has 6 nitrogen and oxygen atoms in total. The van der Waals surface area contributed by atoms with Crippen molar-refractivity contribution in [3.8, 4) is 0 Å². The van der Waals surface area contributed by atoms with Gasteiger partial charge in [-0.05, 0) is 61.5 Å². The van der Waals surface area contributed by atoms with E-state index in [1.54, 1.807) is 61.5 Å². The van der Waals surface area contributed by atoms with Crippen LogP contribution >= 0.6 is 23.2 Å². The van der Waals surface area contributed by atoms with Crippen LogP contribution in [-0.2, 0) is 4.74 Å². The molecular formula is C23H18Cl2N2O4. The van der Waals surface area contributed by atoms with Crippen LogP contribution in [-0.4, -0.2) is 24.4 Å². The normalized spacial score (nSPS) is 10.3. The summed E-state index contributed by atoms with van der Waals surface area (Å²) in [6, 6.07) is 16.9. The van der Waals surface area contributed by atoms with E-state index in [0.29, 0.717) is 26.9 Å². The molecular weight excluding hydrogens is 439 g/mol. The Hall–Kier alpha value is -3.35. The maximum atomic E-state index is 13.0. The van der Waals surface area contributed by atoms with Crippen molar-refractivity contribution >= 4 is 52.4 Å². The Balaban J connectivity index is 1.77. The highest BCUT2D eigenvalue weighted by molar-refractivity contribution is 6.36. The van der Waals surface area contributed by atoms with Gasteiger partial charge in [0.05, 0.1) is 22.9 Å². The van der Waals surface area contributed by atoms with Crippen LogP contribution in [0.25, 0.3) is 0 Å². The van der Waals surface area contributed by atoms with Gasteiger partial charge in [0.1, 0.15) is 0 Å². The van der Waals surface area contributed by atoms with Crippen LogP contribution in [0.4, 0.5) is 16.2 Å². The number of hydrogen-bond acceptors (Lipinski definition) is 4. The van der Waals surface area contributed by atoms with E-state index in [1.807, 2.05) is 0 Å². The molecule has 0 heterocycles. The van der Waals surface area contributed by atoms with Crippen LogP contribution in [0, 0.1) is 0 Å². The molecule has 2 amide bonds. The second kappa shape index (κ2) is 10.1. The lowest BCUT2D eigenvalue weighted by Crippen LogP contribution is -2.21. The van der Waals surface area contributed by atoms with Crippen LogP contribution in [0.2, 0.25) is 10.0 Å². The Morgan fingerprint density at radius 3 is 2.26 bits per heavy atom. The third-order valence-corrected chi connectivity index (χ3v) is 4.81. The molecule has 8 heteroatoms. The molecule has 0 saturated carbocycles. The number of anilines is 2. The number of hydrogen-bond donors (Lipinski definition) is 2. The number of carbonyl (C=O) groups is 3. The number of nitrogens with one attached hydrogen (secondary N) is 2. The van der Waals surface area contributed by atoms with Gasteiger partial charge in [-0.2, -0.15) is 0 Å². The monoisotopic (exact) mass is 456 g/mol. The third kappa shape index (κ3) is 5.63. The van der Waals surface area contributed by atoms with Crippen LogP contribution in [0.5, 0.6) is 0 Å². The highest BCUT2D eigenvalue weighted by Crippen LogP contribution is 2.26. The summed E-state index contributed by atoms with van der Waals surface area (Å²) in [6.45, 7) is 2.00. The van der Waals surface area contributed by atoms with E-state index < -0.39 is 12.0 Å². The summed E-state index contributed by atoms with van der Waals surface area (Å²) < 4.78 is 4.93. The van der Waals surface area contributed by atoms with E-state index in [2.05, 4.69) is 10.6 Å². The van der Waals surface area contributed by atoms with Crippen molar-refractivity contribution in [2.24, 2.45) is 0 Å². The topological polar surface area (TPSA) is 84.5 Å². The number of halogens is 2. The van der Waals surface area contributed by atoms with Gasteiger partial charge in [0.2, 0.25) is 0 Å². The standard InChI is InChI=1S/C23H18Cl2N2O4/c1-2-31-22(29)14-7-10-16(11-8-14)26-23(30)27-20-12-9-15(24)13-18(20)21(28)17-5-3-4-6-19(17)25/h3-13H,2H2,1H3,(H2,26,27,30). The molecule has 3 aromatic rings. The predicted molar refractivity (Wildman–Crippen MR) is 121 cm³/mol. The molecule has 2 N–H and O–H groups in total. The van der Waals surface area contributed by atoms with Gasteiger partial charge in [-0.3, -0.25) is 4.79 Å². The first-order valence-corrected chi connectivity index (χ1v) is 10.1. The van der Waals surface area contributed by atoms with Crippen molar-refractivity contribution in [3.05, 3.63) is 93.5 Å². The molecule has 0 aliphatic heterocycles. The fourth-order valence-electron chi connectivity index (χ4n) is 2.79. The molecule has 0 aliphatic carbocycles. The molecule has 0 aliphatic rings. The van der Waals surface area contributed by atoms with Crippen LogP contribution in [0.1, 0.15) is 33.2 Å². The maximum absolute atomic E-state index is 13.0. The Morgan fingerprint density at radius 1 is 0.871 bits per heavy atom. The average Bonchev–Trinajstić information content (AvgIpc) is 2.75. The second-order valence-electron chi connectivity index (χ2n) is 6.38. The molecule has 0 unspecified atom stereocenters. The lowest BCUT2D eigenvalue weighted by atomic mass is 10.0. The smallest absolute Gasteiger partial charge is 0.338 e. The van der Waals surface area contributed by atoms with E-state index in [4.69, 9.17) is 27.9 Å². The third-order valence-electron chi connectivity index (χ3n) is 4.25. The second-order valence-corrected chi connectivity index (χ2v) is 7.22. The highest BCUT2D eigenvalue weighted by atomic mass is 35.5. The Kier molecular flexibility index (Phi) is 7.28. The fourth-order valence-corrected chi connectivity index (χ4v) is 3.19. The first-order chi connectivity index (χ1) is 14.9. The van der Waals surface area contributed by atoms with Crippen molar-refractivity contribution in [1.82, 2.24) is 0 Å². The summed E-state index contributed by atoms with van der Waals surface area (Å²) in [7, 11) is 0.